The molecule has 2 heteroatoms. The Bertz CT molecular complexity index is 605. The van der Waals surface area contributed by atoms with Crippen LogP contribution < -0.4 is 10.5 Å². The van der Waals surface area contributed by atoms with Gasteiger partial charge in [-0.15, -0.1) is 0 Å². The molecule has 0 saturated carbocycles. The maximum Gasteiger partial charge on any atom is 0.118 e. The summed E-state index contributed by atoms with van der Waals surface area (Å²) >= 11 is 0. The van der Waals surface area contributed by atoms with E-state index in [0.717, 1.165) is 37.9 Å². The zero-order chi connectivity index (χ0) is 14.7. The van der Waals surface area contributed by atoms with E-state index in [2.05, 4.69) is 36.4 Å². The van der Waals surface area contributed by atoms with E-state index in [1.807, 2.05) is 12.1 Å². The van der Waals surface area contributed by atoms with Crippen LogP contribution in [0.15, 0.2) is 48.5 Å². The van der Waals surface area contributed by atoms with Gasteiger partial charge in [-0.25, -0.2) is 0 Å². The van der Waals surface area contributed by atoms with E-state index >= 15 is 0 Å². The lowest BCUT2D eigenvalue weighted by atomic mass is 9.75. The Morgan fingerprint density at radius 2 is 1.76 bits per heavy atom. The summed E-state index contributed by atoms with van der Waals surface area (Å²) in [5, 5.41) is 0. The summed E-state index contributed by atoms with van der Waals surface area (Å²) in [6.45, 7) is 0. The van der Waals surface area contributed by atoms with Gasteiger partial charge in [0.25, 0.3) is 0 Å². The van der Waals surface area contributed by atoms with Crippen LogP contribution in [0.2, 0.25) is 0 Å². The minimum atomic E-state index is -0.0612. The summed E-state index contributed by atoms with van der Waals surface area (Å²) in [6, 6.07) is 17.0. The molecule has 0 aliphatic heterocycles. The van der Waals surface area contributed by atoms with Crippen LogP contribution in [-0.4, -0.2) is 12.6 Å². The van der Waals surface area contributed by atoms with Gasteiger partial charge in [-0.1, -0.05) is 36.4 Å². The second-order valence-electron chi connectivity index (χ2n) is 6.16. The SMILES string of the molecule is COc1ccc(CCC2(N)CCc3ccccc3C2)cc1. The largest absolute Gasteiger partial charge is 0.497 e. The molecular formula is C19H23NO. The number of nitrogens with two attached hydrogens (primary N) is 1. The first-order valence-corrected chi connectivity index (χ1v) is 7.67. The van der Waals surface area contributed by atoms with Crippen LogP contribution in [0.25, 0.3) is 0 Å². The van der Waals surface area contributed by atoms with Gasteiger partial charge >= 0.3 is 0 Å². The molecule has 0 saturated heterocycles. The molecule has 110 valence electrons. The van der Waals surface area contributed by atoms with E-state index in [1.165, 1.54) is 16.7 Å². The van der Waals surface area contributed by atoms with Gasteiger partial charge in [0.2, 0.25) is 0 Å². The molecule has 1 unspecified atom stereocenters. The van der Waals surface area contributed by atoms with Crippen molar-refractivity contribution >= 4 is 0 Å². The predicted octanol–water partition coefficient (Wildman–Crippen LogP) is 3.51. The van der Waals surface area contributed by atoms with E-state index in [0.29, 0.717) is 0 Å². The maximum absolute atomic E-state index is 6.65. The Kier molecular flexibility index (Phi) is 3.98. The third kappa shape index (κ3) is 3.27. The fourth-order valence-electron chi connectivity index (χ4n) is 3.22. The number of rotatable bonds is 4. The van der Waals surface area contributed by atoms with Gasteiger partial charge < -0.3 is 10.5 Å². The number of aryl methyl sites for hydroxylation is 2. The summed E-state index contributed by atoms with van der Waals surface area (Å²) in [5.74, 6) is 0.910. The number of fused-ring (bicyclic) bond motifs is 1. The Morgan fingerprint density at radius 1 is 1.05 bits per heavy atom. The molecule has 2 aromatic rings. The Morgan fingerprint density at radius 3 is 2.48 bits per heavy atom. The zero-order valence-corrected chi connectivity index (χ0v) is 12.6. The van der Waals surface area contributed by atoms with Crippen LogP contribution in [0.5, 0.6) is 5.75 Å². The normalized spacial score (nSPS) is 20.9. The van der Waals surface area contributed by atoms with Gasteiger partial charge in [0.15, 0.2) is 0 Å². The molecule has 0 aromatic heterocycles. The van der Waals surface area contributed by atoms with Crippen molar-refractivity contribution in [3.63, 3.8) is 0 Å². The van der Waals surface area contributed by atoms with E-state index in [-0.39, 0.29) is 5.54 Å². The van der Waals surface area contributed by atoms with Gasteiger partial charge in [0.1, 0.15) is 5.75 Å². The minimum absolute atomic E-state index is 0.0612. The fourth-order valence-corrected chi connectivity index (χ4v) is 3.22. The van der Waals surface area contributed by atoms with Crippen LogP contribution in [0, 0.1) is 0 Å². The van der Waals surface area contributed by atoms with Gasteiger partial charge in [0, 0.05) is 5.54 Å². The van der Waals surface area contributed by atoms with Crippen LogP contribution in [-0.2, 0) is 19.3 Å². The first-order valence-electron chi connectivity index (χ1n) is 7.67. The smallest absolute Gasteiger partial charge is 0.118 e. The monoisotopic (exact) mass is 281 g/mol. The Labute approximate surface area is 126 Å². The van der Waals surface area contributed by atoms with Crippen LogP contribution in [0.1, 0.15) is 29.5 Å². The van der Waals surface area contributed by atoms with E-state index in [1.54, 1.807) is 7.11 Å². The molecule has 3 rings (SSSR count). The highest BCUT2D eigenvalue weighted by Crippen LogP contribution is 2.30. The highest BCUT2D eigenvalue weighted by atomic mass is 16.5. The number of hydrogen-bond donors (Lipinski definition) is 1. The molecule has 1 aliphatic carbocycles. The highest BCUT2D eigenvalue weighted by Gasteiger charge is 2.29. The predicted molar refractivity (Wildman–Crippen MR) is 86.7 cm³/mol. The first-order chi connectivity index (χ1) is 10.2. The topological polar surface area (TPSA) is 35.2 Å². The average molecular weight is 281 g/mol. The molecule has 0 radical (unpaired) electrons. The molecule has 1 atom stereocenters. The molecule has 0 heterocycles. The molecule has 0 fully saturated rings. The average Bonchev–Trinajstić information content (AvgIpc) is 2.53. The number of methoxy groups -OCH3 is 1. The fraction of sp³-hybridized carbons (Fsp3) is 0.368. The minimum Gasteiger partial charge on any atom is -0.497 e. The molecule has 2 N–H and O–H groups in total. The van der Waals surface area contributed by atoms with Crippen LogP contribution in [0.3, 0.4) is 0 Å². The van der Waals surface area contributed by atoms with Crippen molar-refractivity contribution in [1.29, 1.82) is 0 Å². The lowest BCUT2D eigenvalue weighted by molar-refractivity contribution is 0.346. The van der Waals surface area contributed by atoms with Crippen molar-refractivity contribution in [3.05, 3.63) is 65.2 Å². The lowest BCUT2D eigenvalue weighted by Gasteiger charge is -2.35. The van der Waals surface area contributed by atoms with Crippen molar-refractivity contribution in [2.45, 2.75) is 37.6 Å². The van der Waals surface area contributed by atoms with Gasteiger partial charge in [-0.3, -0.25) is 0 Å². The van der Waals surface area contributed by atoms with Crippen molar-refractivity contribution in [2.75, 3.05) is 7.11 Å². The second kappa shape index (κ2) is 5.90. The third-order valence-corrected chi connectivity index (χ3v) is 4.62. The molecule has 21 heavy (non-hydrogen) atoms. The molecular weight excluding hydrogens is 258 g/mol. The molecule has 0 bridgehead atoms. The van der Waals surface area contributed by atoms with Crippen molar-refractivity contribution in [3.8, 4) is 5.75 Å². The summed E-state index contributed by atoms with van der Waals surface area (Å²) in [7, 11) is 1.70. The number of benzene rings is 2. The first kappa shape index (κ1) is 14.2. The molecule has 0 spiro atoms. The number of ether oxygens (including phenoxy) is 1. The standard InChI is InChI=1S/C19H23NO/c1-21-18-8-6-15(7-9-18)10-12-19(20)13-11-16-4-2-3-5-17(16)14-19/h2-9H,10-14,20H2,1H3. The number of hydrogen-bond acceptors (Lipinski definition) is 2. The second-order valence-corrected chi connectivity index (χ2v) is 6.16. The van der Waals surface area contributed by atoms with Crippen LogP contribution >= 0.6 is 0 Å². The van der Waals surface area contributed by atoms with E-state index in [9.17, 15) is 0 Å². The molecule has 0 amide bonds. The van der Waals surface area contributed by atoms with Gasteiger partial charge in [-0.2, -0.15) is 0 Å². The maximum atomic E-state index is 6.65. The summed E-state index contributed by atoms with van der Waals surface area (Å²) in [5.41, 5.74) is 10.8. The summed E-state index contributed by atoms with van der Waals surface area (Å²) < 4.78 is 5.20. The lowest BCUT2D eigenvalue weighted by Crippen LogP contribution is -2.45. The molecule has 2 aromatic carbocycles. The third-order valence-electron chi connectivity index (χ3n) is 4.62. The van der Waals surface area contributed by atoms with Crippen molar-refractivity contribution in [2.24, 2.45) is 5.73 Å². The molecule has 2 nitrogen and oxygen atoms in total. The Balaban J connectivity index is 1.64. The molecule has 1 aliphatic rings. The van der Waals surface area contributed by atoms with E-state index < -0.39 is 0 Å². The van der Waals surface area contributed by atoms with Gasteiger partial charge in [0.05, 0.1) is 7.11 Å². The quantitative estimate of drug-likeness (QED) is 0.930. The van der Waals surface area contributed by atoms with Gasteiger partial charge in [-0.05, 0) is 60.9 Å². The van der Waals surface area contributed by atoms with Crippen LogP contribution in [0.4, 0.5) is 0 Å². The van der Waals surface area contributed by atoms with Crippen molar-refractivity contribution < 1.29 is 4.74 Å². The summed E-state index contributed by atoms with van der Waals surface area (Å²) in [6.07, 6.45) is 5.26. The van der Waals surface area contributed by atoms with E-state index in [4.69, 9.17) is 10.5 Å². The Hall–Kier alpha value is -1.80. The highest BCUT2D eigenvalue weighted by molar-refractivity contribution is 5.32. The van der Waals surface area contributed by atoms with Crippen molar-refractivity contribution in [1.82, 2.24) is 0 Å². The summed E-state index contributed by atoms with van der Waals surface area (Å²) in [4.78, 5) is 0. The zero-order valence-electron chi connectivity index (χ0n) is 12.6.